The molecule has 0 saturated carbocycles. The molecule has 0 bridgehead atoms. The molecule has 1 amide bonds. The van der Waals surface area contributed by atoms with Crippen LogP contribution in [0, 0.1) is 5.92 Å². The van der Waals surface area contributed by atoms with Gasteiger partial charge in [-0.15, -0.1) is 0 Å². The normalized spacial score (nSPS) is 11.5. The average molecular weight is 171 g/mol. The Kier molecular flexibility index (Phi) is 4.04. The van der Waals surface area contributed by atoms with Crippen LogP contribution in [0.5, 0.6) is 0 Å². The number of amides is 1. The summed E-state index contributed by atoms with van der Waals surface area (Å²) in [6, 6.07) is 0. The first-order valence-corrected chi connectivity index (χ1v) is 3.65. The van der Waals surface area contributed by atoms with Gasteiger partial charge in [-0.2, -0.15) is 0 Å². The molecular formula is C8H13NO3. The van der Waals surface area contributed by atoms with Gasteiger partial charge in [0.1, 0.15) is 0 Å². The number of carbonyl (C=O) groups is 2. The lowest BCUT2D eigenvalue weighted by molar-refractivity contribution is -0.131. The molecule has 0 aliphatic heterocycles. The van der Waals surface area contributed by atoms with Gasteiger partial charge in [-0.1, -0.05) is 13.8 Å². The third kappa shape index (κ3) is 4.49. The maximum Gasteiger partial charge on any atom is 0.330 e. The van der Waals surface area contributed by atoms with Gasteiger partial charge in [0.15, 0.2) is 0 Å². The highest BCUT2D eigenvalue weighted by Gasteiger charge is 2.06. The molecule has 0 radical (unpaired) electrons. The van der Waals surface area contributed by atoms with Crippen molar-refractivity contribution < 1.29 is 14.7 Å². The Bertz CT molecular complexity index is 218. The zero-order valence-electron chi connectivity index (χ0n) is 7.42. The Morgan fingerprint density at radius 3 is 2.17 bits per heavy atom. The minimum Gasteiger partial charge on any atom is -0.478 e. The van der Waals surface area contributed by atoms with Crippen molar-refractivity contribution in [3.8, 4) is 0 Å². The Hall–Kier alpha value is -1.32. The lowest BCUT2D eigenvalue weighted by Crippen LogP contribution is -2.23. The Balaban J connectivity index is 4.44. The van der Waals surface area contributed by atoms with Crippen LogP contribution in [0.1, 0.15) is 20.8 Å². The van der Waals surface area contributed by atoms with Crippen LogP contribution in [-0.2, 0) is 9.59 Å². The second kappa shape index (κ2) is 4.54. The van der Waals surface area contributed by atoms with Gasteiger partial charge < -0.3 is 10.4 Å². The molecule has 4 heteroatoms. The van der Waals surface area contributed by atoms with Crippen molar-refractivity contribution in [2.75, 3.05) is 0 Å². The molecule has 0 atom stereocenters. The molecule has 0 fully saturated rings. The second-order valence-electron chi connectivity index (χ2n) is 2.77. The summed E-state index contributed by atoms with van der Waals surface area (Å²) in [4.78, 5) is 20.9. The van der Waals surface area contributed by atoms with Gasteiger partial charge in [0, 0.05) is 18.7 Å². The molecule has 0 heterocycles. The largest absolute Gasteiger partial charge is 0.478 e. The van der Waals surface area contributed by atoms with Gasteiger partial charge >= 0.3 is 5.97 Å². The molecule has 0 aliphatic rings. The fraction of sp³-hybridized carbons (Fsp3) is 0.500. The number of aliphatic carboxylic acids is 1. The first kappa shape index (κ1) is 10.7. The molecular weight excluding hydrogens is 158 g/mol. The number of allylic oxidation sites excluding steroid dienone is 1. The summed E-state index contributed by atoms with van der Waals surface area (Å²) in [5.74, 6) is -1.30. The molecule has 2 N–H and O–H groups in total. The summed E-state index contributed by atoms with van der Waals surface area (Å²) in [7, 11) is 0. The van der Waals surface area contributed by atoms with E-state index in [4.69, 9.17) is 5.11 Å². The summed E-state index contributed by atoms with van der Waals surface area (Å²) in [6.07, 6.45) is 1.01. The lowest BCUT2D eigenvalue weighted by atomic mass is 10.1. The molecule has 0 aliphatic carbocycles. The van der Waals surface area contributed by atoms with E-state index in [1.165, 1.54) is 6.92 Å². The van der Waals surface area contributed by atoms with Gasteiger partial charge in [-0.25, -0.2) is 4.79 Å². The van der Waals surface area contributed by atoms with Crippen LogP contribution >= 0.6 is 0 Å². The second-order valence-corrected chi connectivity index (χ2v) is 2.77. The predicted octanol–water partition coefficient (Wildman–Crippen LogP) is 0.747. The van der Waals surface area contributed by atoms with E-state index in [0.29, 0.717) is 5.70 Å². The predicted molar refractivity (Wildman–Crippen MR) is 44.4 cm³/mol. The van der Waals surface area contributed by atoms with E-state index in [1.54, 1.807) is 0 Å². The van der Waals surface area contributed by atoms with Gasteiger partial charge in [-0.05, 0) is 5.92 Å². The zero-order valence-corrected chi connectivity index (χ0v) is 7.42. The third-order valence-electron chi connectivity index (χ3n) is 1.22. The SMILES string of the molecule is CC(=O)NC(=CC(=O)O)C(C)C. The van der Waals surface area contributed by atoms with Crippen LogP contribution < -0.4 is 5.32 Å². The molecule has 0 aromatic heterocycles. The van der Waals surface area contributed by atoms with Crippen LogP contribution in [0.25, 0.3) is 0 Å². The van der Waals surface area contributed by atoms with Crippen molar-refractivity contribution in [1.82, 2.24) is 5.32 Å². The molecule has 0 rings (SSSR count). The van der Waals surface area contributed by atoms with E-state index in [2.05, 4.69) is 5.32 Å². The van der Waals surface area contributed by atoms with Crippen molar-refractivity contribution in [2.24, 2.45) is 5.92 Å². The highest BCUT2D eigenvalue weighted by molar-refractivity contribution is 5.83. The summed E-state index contributed by atoms with van der Waals surface area (Å²) >= 11 is 0. The van der Waals surface area contributed by atoms with Gasteiger partial charge in [0.25, 0.3) is 0 Å². The first-order valence-electron chi connectivity index (χ1n) is 3.65. The number of nitrogens with one attached hydrogen (secondary N) is 1. The van der Waals surface area contributed by atoms with E-state index < -0.39 is 5.97 Å². The van der Waals surface area contributed by atoms with Crippen LogP contribution in [-0.4, -0.2) is 17.0 Å². The van der Waals surface area contributed by atoms with Gasteiger partial charge in [0.2, 0.25) is 5.91 Å². The molecule has 0 aromatic carbocycles. The number of rotatable bonds is 3. The molecule has 68 valence electrons. The summed E-state index contributed by atoms with van der Waals surface area (Å²) in [5, 5.41) is 10.9. The van der Waals surface area contributed by atoms with Crippen molar-refractivity contribution in [1.29, 1.82) is 0 Å². The number of carboxylic acids is 1. The Morgan fingerprint density at radius 2 is 1.92 bits per heavy atom. The van der Waals surface area contributed by atoms with Crippen molar-refractivity contribution in [3.63, 3.8) is 0 Å². The number of hydrogen-bond acceptors (Lipinski definition) is 2. The Morgan fingerprint density at radius 1 is 1.42 bits per heavy atom. The zero-order chi connectivity index (χ0) is 9.72. The monoisotopic (exact) mass is 171 g/mol. The van der Waals surface area contributed by atoms with Crippen LogP contribution in [0.4, 0.5) is 0 Å². The molecule has 4 nitrogen and oxygen atoms in total. The van der Waals surface area contributed by atoms with Crippen molar-refractivity contribution >= 4 is 11.9 Å². The molecule has 0 spiro atoms. The van der Waals surface area contributed by atoms with Crippen molar-refractivity contribution in [3.05, 3.63) is 11.8 Å². The highest BCUT2D eigenvalue weighted by atomic mass is 16.4. The summed E-state index contributed by atoms with van der Waals surface area (Å²) in [6.45, 7) is 4.97. The van der Waals surface area contributed by atoms with Crippen LogP contribution in [0.3, 0.4) is 0 Å². The van der Waals surface area contributed by atoms with Crippen molar-refractivity contribution in [2.45, 2.75) is 20.8 Å². The van der Waals surface area contributed by atoms with E-state index in [-0.39, 0.29) is 11.8 Å². The summed E-state index contributed by atoms with van der Waals surface area (Å²) in [5.41, 5.74) is 0.426. The fourth-order valence-electron chi connectivity index (χ4n) is 0.683. The van der Waals surface area contributed by atoms with Gasteiger partial charge in [0.05, 0.1) is 0 Å². The number of carbonyl (C=O) groups excluding carboxylic acids is 1. The van der Waals surface area contributed by atoms with E-state index >= 15 is 0 Å². The minimum absolute atomic E-state index is 0.00463. The van der Waals surface area contributed by atoms with Crippen LogP contribution in [0.2, 0.25) is 0 Å². The van der Waals surface area contributed by atoms with Gasteiger partial charge in [-0.3, -0.25) is 4.79 Å². The number of hydrogen-bond donors (Lipinski definition) is 2. The van der Waals surface area contributed by atoms with E-state index in [9.17, 15) is 9.59 Å². The Labute approximate surface area is 71.3 Å². The minimum atomic E-state index is -1.05. The lowest BCUT2D eigenvalue weighted by Gasteiger charge is -2.09. The fourth-order valence-corrected chi connectivity index (χ4v) is 0.683. The first-order chi connectivity index (χ1) is 5.43. The quantitative estimate of drug-likeness (QED) is 0.616. The van der Waals surface area contributed by atoms with E-state index in [0.717, 1.165) is 6.08 Å². The molecule has 0 aromatic rings. The van der Waals surface area contributed by atoms with E-state index in [1.807, 2.05) is 13.8 Å². The maximum absolute atomic E-state index is 10.6. The average Bonchev–Trinajstić information content (AvgIpc) is 1.83. The number of carboxylic acid groups (broad SMARTS) is 1. The molecule has 0 saturated heterocycles. The third-order valence-corrected chi connectivity index (χ3v) is 1.22. The topological polar surface area (TPSA) is 66.4 Å². The highest BCUT2D eigenvalue weighted by Crippen LogP contribution is 2.04. The summed E-state index contributed by atoms with van der Waals surface area (Å²) < 4.78 is 0. The van der Waals surface area contributed by atoms with Crippen LogP contribution in [0.15, 0.2) is 11.8 Å². The standard InChI is InChI=1S/C8H13NO3/c1-5(2)7(4-8(11)12)9-6(3)10/h4-5H,1-3H3,(H,9,10)(H,11,12). The molecule has 12 heavy (non-hydrogen) atoms. The smallest absolute Gasteiger partial charge is 0.330 e. The maximum atomic E-state index is 10.6. The molecule has 0 unspecified atom stereocenters.